The Morgan fingerprint density at radius 2 is 1.29 bits per heavy atom. The Morgan fingerprint density at radius 1 is 0.741 bits per heavy atom. The first-order valence-corrected chi connectivity index (χ1v) is 22.9. The van der Waals surface area contributed by atoms with Gasteiger partial charge in [0.2, 0.25) is 21.8 Å². The smallest absolute Gasteiger partial charge is 0.243 e. The molecule has 1 saturated carbocycles. The van der Waals surface area contributed by atoms with Gasteiger partial charge in [0.1, 0.15) is 11.5 Å². The number of halogens is 2. The maximum atomic E-state index is 12.8. The van der Waals surface area contributed by atoms with Gasteiger partial charge in [-0.3, -0.25) is 9.59 Å². The molecule has 2 N–H and O–H groups in total. The van der Waals surface area contributed by atoms with Crippen LogP contribution >= 0.6 is 31.9 Å². The van der Waals surface area contributed by atoms with Gasteiger partial charge >= 0.3 is 0 Å². The maximum absolute atomic E-state index is 12.8. The van der Waals surface area contributed by atoms with Gasteiger partial charge in [-0.2, -0.15) is 4.31 Å². The second kappa shape index (κ2) is 17.8. The molecule has 0 spiro atoms. The number of nitrogens with zero attached hydrogens (tertiary/aromatic N) is 5. The number of anilines is 3. The fourth-order valence-corrected chi connectivity index (χ4v) is 9.94. The lowest BCUT2D eigenvalue weighted by Crippen LogP contribution is -2.28. The van der Waals surface area contributed by atoms with Crippen LogP contribution in [-0.4, -0.2) is 60.7 Å². The van der Waals surface area contributed by atoms with Crippen LogP contribution in [0.5, 0.6) is 0 Å². The van der Waals surface area contributed by atoms with E-state index in [0.29, 0.717) is 36.6 Å². The molecule has 13 heteroatoms. The lowest BCUT2D eigenvalue weighted by atomic mass is 10.0. The van der Waals surface area contributed by atoms with Crippen LogP contribution in [0.1, 0.15) is 68.2 Å². The summed E-state index contributed by atoms with van der Waals surface area (Å²) in [5, 5.41) is 0. The molecule has 0 bridgehead atoms. The fraction of sp³-hybridized carbons (Fsp3) is 0.333. The van der Waals surface area contributed by atoms with E-state index in [1.165, 1.54) is 39.2 Å². The zero-order valence-corrected chi connectivity index (χ0v) is 37.0. The summed E-state index contributed by atoms with van der Waals surface area (Å²) >= 11 is 6.90. The van der Waals surface area contributed by atoms with Crippen molar-refractivity contribution in [1.82, 2.24) is 14.3 Å². The van der Waals surface area contributed by atoms with E-state index in [0.717, 1.165) is 64.8 Å². The molecule has 2 aliphatic heterocycles. The summed E-state index contributed by atoms with van der Waals surface area (Å²) in [4.78, 5) is 36.8. The Kier molecular flexibility index (Phi) is 12.8. The first-order valence-electron chi connectivity index (χ1n) is 19.9. The Morgan fingerprint density at radius 3 is 1.91 bits per heavy atom. The van der Waals surface area contributed by atoms with Gasteiger partial charge in [-0.05, 0) is 122 Å². The maximum Gasteiger partial charge on any atom is 0.243 e. The summed E-state index contributed by atoms with van der Waals surface area (Å²) in [7, 11) is -1.87. The van der Waals surface area contributed by atoms with Crippen LogP contribution in [-0.2, 0) is 45.3 Å². The molecule has 10 nitrogen and oxygen atoms in total. The second-order valence-corrected chi connectivity index (χ2v) is 18.8. The van der Waals surface area contributed by atoms with Crippen molar-refractivity contribution in [1.29, 1.82) is 0 Å². The van der Waals surface area contributed by atoms with E-state index in [2.05, 4.69) is 61.1 Å². The Hall–Kier alpha value is -4.43. The van der Waals surface area contributed by atoms with Crippen LogP contribution in [0, 0.1) is 0 Å². The van der Waals surface area contributed by atoms with Gasteiger partial charge in [0, 0.05) is 70.5 Å². The number of hydrogen-bond acceptors (Lipinski definition) is 7. The molecule has 0 radical (unpaired) electrons. The SMILES string of the molecule is Brc1ccc2c(c1)CCC2.CCC(=O)N1CCc2cc(-c3nc(-c4ccc(S(=O)(=O)N(C)C5CC5)cc4)cnc3N)ccc21.CCC(=O)N1CCc2cc(Br)ccc21. The number of fused-ring (bicyclic) bond motifs is 3. The molecule has 3 heterocycles. The van der Waals surface area contributed by atoms with Gasteiger partial charge in [-0.25, -0.2) is 18.4 Å². The zero-order chi connectivity index (χ0) is 41.1. The van der Waals surface area contributed by atoms with E-state index < -0.39 is 10.0 Å². The van der Waals surface area contributed by atoms with Crippen molar-refractivity contribution >= 4 is 70.9 Å². The highest BCUT2D eigenvalue weighted by molar-refractivity contribution is 9.10. The molecule has 2 aliphatic carbocycles. The molecule has 2 amide bonds. The predicted octanol–water partition coefficient (Wildman–Crippen LogP) is 9.16. The number of rotatable bonds is 7. The summed E-state index contributed by atoms with van der Waals surface area (Å²) in [6, 6.07) is 25.4. The molecule has 58 heavy (non-hydrogen) atoms. The second-order valence-electron chi connectivity index (χ2n) is 14.9. The van der Waals surface area contributed by atoms with Gasteiger partial charge in [-0.15, -0.1) is 0 Å². The molecule has 302 valence electrons. The van der Waals surface area contributed by atoms with Crippen LogP contribution in [0.4, 0.5) is 17.2 Å². The van der Waals surface area contributed by atoms with Crippen LogP contribution in [0.2, 0.25) is 0 Å². The average molecular weight is 929 g/mol. The third-order valence-electron chi connectivity index (χ3n) is 11.1. The number of carbonyl (C=O) groups excluding carboxylic acids is 2. The number of aromatic nitrogens is 2. The van der Waals surface area contributed by atoms with E-state index in [9.17, 15) is 18.0 Å². The summed E-state index contributed by atoms with van der Waals surface area (Å²) < 4.78 is 29.3. The standard InChI is InChI=1S/C25H27N5O3S.C11H12BrNO.C9H9Br/c1-3-23(31)30-13-12-17-14-18(6-11-22(17)30)24-25(26)27-15-21(28-24)16-4-9-20(10-5-16)34(32,33)29(2)19-7-8-19;1-2-11(14)13-6-5-8-7-9(12)3-4-10(8)13;10-9-5-4-7-2-1-3-8(7)6-9/h4-6,9-11,14-15,19H,3,7-8,12-13H2,1-2H3,(H2,26,27);3-4,7H,2,5-6H2,1H3;4-6H,1-3H2. The molecular weight excluding hydrogens is 880 g/mol. The summed E-state index contributed by atoms with van der Waals surface area (Å²) in [6.07, 6.45) is 10.1. The summed E-state index contributed by atoms with van der Waals surface area (Å²) in [5.41, 5.74) is 16.4. The fourth-order valence-electron chi connectivity index (χ4n) is 7.71. The predicted molar refractivity (Wildman–Crippen MR) is 238 cm³/mol. The van der Waals surface area contributed by atoms with E-state index in [-0.39, 0.29) is 22.8 Å². The van der Waals surface area contributed by atoms with E-state index >= 15 is 0 Å². The van der Waals surface area contributed by atoms with E-state index in [1.807, 2.05) is 54.0 Å². The summed E-state index contributed by atoms with van der Waals surface area (Å²) in [6.45, 7) is 5.28. The molecule has 4 aliphatic rings. The van der Waals surface area contributed by atoms with E-state index in [1.54, 1.807) is 43.1 Å². The van der Waals surface area contributed by atoms with Crippen molar-refractivity contribution in [3.05, 3.63) is 116 Å². The van der Waals surface area contributed by atoms with Crippen LogP contribution < -0.4 is 15.5 Å². The van der Waals surface area contributed by atoms with Gasteiger partial charge in [-0.1, -0.05) is 70.0 Å². The van der Waals surface area contributed by atoms with Crippen molar-refractivity contribution in [2.75, 3.05) is 35.7 Å². The molecule has 1 fully saturated rings. The molecule has 0 saturated heterocycles. The highest BCUT2D eigenvalue weighted by Crippen LogP contribution is 2.36. The Bertz CT molecular complexity index is 2460. The quantitative estimate of drug-likeness (QED) is 0.172. The third kappa shape index (κ3) is 9.07. The first-order chi connectivity index (χ1) is 27.9. The number of amides is 2. The molecule has 4 aromatic carbocycles. The van der Waals surface area contributed by atoms with Crippen LogP contribution in [0.25, 0.3) is 22.5 Å². The lowest BCUT2D eigenvalue weighted by Gasteiger charge is -2.17. The number of benzene rings is 4. The number of nitrogens with two attached hydrogens (primary N) is 1. The Labute approximate surface area is 358 Å². The Balaban J connectivity index is 0.000000172. The topological polar surface area (TPSA) is 130 Å². The number of aryl methyl sites for hydroxylation is 2. The monoisotopic (exact) mass is 926 g/mol. The van der Waals surface area contributed by atoms with Crippen molar-refractivity contribution in [2.45, 2.75) is 82.6 Å². The van der Waals surface area contributed by atoms with Crippen molar-refractivity contribution in [3.63, 3.8) is 0 Å². The zero-order valence-electron chi connectivity index (χ0n) is 33.0. The molecule has 1 aromatic heterocycles. The highest BCUT2D eigenvalue weighted by Gasteiger charge is 2.35. The first kappa shape index (κ1) is 41.7. The number of carbonyl (C=O) groups is 2. The number of hydrogen-bond donors (Lipinski definition) is 1. The number of sulfonamides is 1. The molecule has 0 unspecified atom stereocenters. The molecule has 9 rings (SSSR count). The van der Waals surface area contributed by atoms with Crippen molar-refractivity contribution in [3.8, 4) is 22.5 Å². The summed E-state index contributed by atoms with van der Waals surface area (Å²) in [5.74, 6) is 0.640. The van der Waals surface area contributed by atoms with Crippen molar-refractivity contribution < 1.29 is 18.0 Å². The van der Waals surface area contributed by atoms with Gasteiger partial charge in [0.25, 0.3) is 0 Å². The molecule has 5 aromatic rings. The molecule has 0 atom stereocenters. The normalized spacial score (nSPS) is 15.2. The minimum absolute atomic E-state index is 0.106. The largest absolute Gasteiger partial charge is 0.382 e. The van der Waals surface area contributed by atoms with Crippen LogP contribution in [0.15, 0.2) is 98.9 Å². The van der Waals surface area contributed by atoms with E-state index in [4.69, 9.17) is 10.7 Å². The van der Waals surface area contributed by atoms with Crippen LogP contribution in [0.3, 0.4) is 0 Å². The van der Waals surface area contributed by atoms with Gasteiger partial charge < -0.3 is 15.5 Å². The third-order valence-corrected chi connectivity index (χ3v) is 14.1. The van der Waals surface area contributed by atoms with Gasteiger partial charge in [0.15, 0.2) is 0 Å². The van der Waals surface area contributed by atoms with Gasteiger partial charge in [0.05, 0.1) is 16.8 Å². The number of nitrogen functional groups attached to an aromatic ring is 1. The van der Waals surface area contributed by atoms with Crippen molar-refractivity contribution in [2.24, 2.45) is 0 Å². The minimum Gasteiger partial charge on any atom is -0.382 e. The highest BCUT2D eigenvalue weighted by atomic mass is 79.9. The average Bonchev–Trinajstić information content (AvgIpc) is 3.60. The minimum atomic E-state index is -3.50. The lowest BCUT2D eigenvalue weighted by molar-refractivity contribution is -0.119. The molecular formula is C45H48Br2N6O4S.